The Morgan fingerprint density at radius 3 is 2.45 bits per heavy atom. The predicted molar refractivity (Wildman–Crippen MR) is 45.7 cm³/mol. The molecule has 1 spiro atoms. The van der Waals surface area contributed by atoms with Crippen molar-refractivity contribution >= 4 is 0 Å². The summed E-state index contributed by atoms with van der Waals surface area (Å²) in [4.78, 5) is 0. The highest BCUT2D eigenvalue weighted by molar-refractivity contribution is 4.94. The molecule has 11 heavy (non-hydrogen) atoms. The summed E-state index contributed by atoms with van der Waals surface area (Å²) in [7, 11) is 0. The lowest BCUT2D eigenvalue weighted by Crippen LogP contribution is -2.53. The number of piperidine rings is 2. The van der Waals surface area contributed by atoms with Crippen LogP contribution < -0.4 is 10.6 Å². The molecule has 2 aliphatic rings. The van der Waals surface area contributed by atoms with Crippen LogP contribution in [-0.2, 0) is 0 Å². The number of hydrogen-bond acceptors (Lipinski definition) is 1. The highest BCUT2D eigenvalue weighted by Gasteiger charge is 2.32. The van der Waals surface area contributed by atoms with E-state index in [0.29, 0.717) is 5.54 Å². The summed E-state index contributed by atoms with van der Waals surface area (Å²) < 4.78 is 0. The first-order valence-corrected chi connectivity index (χ1v) is 4.80. The van der Waals surface area contributed by atoms with Gasteiger partial charge < -0.3 is 5.32 Å². The molecule has 1 radical (unpaired) electrons. The maximum Gasteiger partial charge on any atom is 0.0206 e. The second-order valence-corrected chi connectivity index (χ2v) is 3.84. The number of hydrogen-bond donors (Lipinski definition) is 1. The first kappa shape index (κ1) is 7.56. The molecule has 0 aliphatic carbocycles. The molecule has 2 aliphatic heterocycles. The van der Waals surface area contributed by atoms with Crippen molar-refractivity contribution < 1.29 is 0 Å². The summed E-state index contributed by atoms with van der Waals surface area (Å²) >= 11 is 0. The number of nitrogens with zero attached hydrogens (tertiary/aromatic N) is 1. The molecule has 0 aromatic rings. The Morgan fingerprint density at radius 1 is 1.00 bits per heavy atom. The summed E-state index contributed by atoms with van der Waals surface area (Å²) in [5.41, 5.74) is 0.514. The molecule has 2 saturated heterocycles. The fourth-order valence-corrected chi connectivity index (χ4v) is 2.28. The fourth-order valence-electron chi connectivity index (χ4n) is 2.28. The van der Waals surface area contributed by atoms with Gasteiger partial charge >= 0.3 is 0 Å². The van der Waals surface area contributed by atoms with Crippen LogP contribution in [0.4, 0.5) is 0 Å². The Kier molecular flexibility index (Phi) is 2.14. The topological polar surface area (TPSA) is 26.1 Å². The maximum atomic E-state index is 4.39. The molecule has 2 rings (SSSR count). The highest BCUT2D eigenvalue weighted by Crippen LogP contribution is 2.27. The van der Waals surface area contributed by atoms with E-state index in [1.54, 1.807) is 0 Å². The first-order valence-electron chi connectivity index (χ1n) is 4.80. The molecule has 63 valence electrons. The molecule has 2 heteroatoms. The lowest BCUT2D eigenvalue weighted by atomic mass is 9.81. The number of nitrogens with one attached hydrogen (secondary N) is 1. The van der Waals surface area contributed by atoms with E-state index in [1.165, 1.54) is 38.6 Å². The Balaban J connectivity index is 1.94. The summed E-state index contributed by atoms with van der Waals surface area (Å²) in [5.74, 6) is 0. The average Bonchev–Trinajstić information content (AvgIpc) is 2.07. The normalized spacial score (nSPS) is 30.5. The van der Waals surface area contributed by atoms with Crippen molar-refractivity contribution in [3.63, 3.8) is 0 Å². The minimum Gasteiger partial charge on any atom is -0.311 e. The summed E-state index contributed by atoms with van der Waals surface area (Å²) in [5, 5.41) is 8.06. The van der Waals surface area contributed by atoms with Crippen LogP contribution in [0.5, 0.6) is 0 Å². The third-order valence-corrected chi connectivity index (χ3v) is 3.08. The Labute approximate surface area is 68.7 Å². The minimum absolute atomic E-state index is 0.514. The van der Waals surface area contributed by atoms with Gasteiger partial charge in [0.05, 0.1) is 0 Å². The third-order valence-electron chi connectivity index (χ3n) is 3.08. The van der Waals surface area contributed by atoms with Crippen LogP contribution in [0, 0.1) is 0 Å². The summed E-state index contributed by atoms with van der Waals surface area (Å²) in [6.07, 6.45) is 6.76. The molecule has 0 aromatic heterocycles. The van der Waals surface area contributed by atoms with Gasteiger partial charge in [-0.15, -0.1) is 0 Å². The molecule has 0 unspecified atom stereocenters. The van der Waals surface area contributed by atoms with Gasteiger partial charge in [0.25, 0.3) is 0 Å². The molecule has 0 aromatic carbocycles. The van der Waals surface area contributed by atoms with Crippen molar-refractivity contribution in [2.24, 2.45) is 0 Å². The largest absolute Gasteiger partial charge is 0.311 e. The third kappa shape index (κ3) is 1.57. The second kappa shape index (κ2) is 3.11. The zero-order chi connectivity index (χ0) is 7.57. The van der Waals surface area contributed by atoms with Gasteiger partial charge in [0.2, 0.25) is 0 Å². The smallest absolute Gasteiger partial charge is 0.0206 e. The molecular weight excluding hydrogens is 136 g/mol. The molecule has 0 saturated carbocycles. The second-order valence-electron chi connectivity index (χ2n) is 3.84. The molecule has 0 bridgehead atoms. The van der Waals surface area contributed by atoms with Gasteiger partial charge in [-0.05, 0) is 32.2 Å². The standard InChI is InChI=1S/C9H17N2/c1-2-6-11-9(3-1)4-7-10-8-5-9/h11H,1-8H2. The molecular formula is C9H17N2. The Hall–Kier alpha value is -0.0800. The van der Waals surface area contributed by atoms with E-state index in [9.17, 15) is 0 Å². The van der Waals surface area contributed by atoms with Gasteiger partial charge in [0, 0.05) is 18.6 Å². The van der Waals surface area contributed by atoms with E-state index in [1.807, 2.05) is 0 Å². The maximum absolute atomic E-state index is 4.39. The van der Waals surface area contributed by atoms with Gasteiger partial charge in [-0.2, -0.15) is 0 Å². The predicted octanol–water partition coefficient (Wildman–Crippen LogP) is 0.897. The van der Waals surface area contributed by atoms with Gasteiger partial charge in [-0.1, -0.05) is 6.42 Å². The zero-order valence-electron chi connectivity index (χ0n) is 7.10. The lowest BCUT2D eigenvalue weighted by molar-refractivity contribution is 0.192. The molecule has 2 fully saturated rings. The van der Waals surface area contributed by atoms with Crippen molar-refractivity contribution in [3.8, 4) is 0 Å². The van der Waals surface area contributed by atoms with Crippen molar-refractivity contribution in [1.82, 2.24) is 10.6 Å². The quantitative estimate of drug-likeness (QED) is 0.549. The Morgan fingerprint density at radius 2 is 1.82 bits per heavy atom. The molecule has 2 heterocycles. The van der Waals surface area contributed by atoms with Crippen LogP contribution in [0.1, 0.15) is 32.1 Å². The van der Waals surface area contributed by atoms with Crippen molar-refractivity contribution in [2.75, 3.05) is 19.6 Å². The Bertz CT molecular complexity index is 102. The average molecular weight is 153 g/mol. The zero-order valence-corrected chi connectivity index (χ0v) is 7.10. The van der Waals surface area contributed by atoms with E-state index in [-0.39, 0.29) is 0 Å². The van der Waals surface area contributed by atoms with Crippen molar-refractivity contribution in [3.05, 3.63) is 0 Å². The van der Waals surface area contributed by atoms with Crippen LogP contribution in [0.15, 0.2) is 0 Å². The molecule has 0 atom stereocenters. The van der Waals surface area contributed by atoms with Crippen molar-refractivity contribution in [2.45, 2.75) is 37.6 Å². The van der Waals surface area contributed by atoms with Crippen molar-refractivity contribution in [1.29, 1.82) is 0 Å². The van der Waals surface area contributed by atoms with E-state index in [2.05, 4.69) is 10.6 Å². The lowest BCUT2D eigenvalue weighted by Gasteiger charge is -2.41. The molecule has 2 nitrogen and oxygen atoms in total. The molecule has 0 amide bonds. The number of rotatable bonds is 0. The van der Waals surface area contributed by atoms with Crippen LogP contribution >= 0.6 is 0 Å². The van der Waals surface area contributed by atoms with Crippen LogP contribution in [0.2, 0.25) is 0 Å². The van der Waals surface area contributed by atoms with Gasteiger partial charge in [0.1, 0.15) is 0 Å². The first-order chi connectivity index (χ1) is 5.41. The summed E-state index contributed by atoms with van der Waals surface area (Å²) in [6.45, 7) is 3.42. The highest BCUT2D eigenvalue weighted by atomic mass is 15.0. The van der Waals surface area contributed by atoms with Crippen LogP contribution in [-0.4, -0.2) is 25.2 Å². The van der Waals surface area contributed by atoms with Gasteiger partial charge in [0.15, 0.2) is 0 Å². The van der Waals surface area contributed by atoms with E-state index in [0.717, 1.165) is 13.1 Å². The minimum atomic E-state index is 0.514. The van der Waals surface area contributed by atoms with Gasteiger partial charge in [-0.25, -0.2) is 5.32 Å². The van der Waals surface area contributed by atoms with Crippen LogP contribution in [0.3, 0.4) is 0 Å². The monoisotopic (exact) mass is 153 g/mol. The van der Waals surface area contributed by atoms with E-state index in [4.69, 9.17) is 0 Å². The molecule has 1 N–H and O–H groups in total. The summed E-state index contributed by atoms with van der Waals surface area (Å²) in [6, 6.07) is 0. The van der Waals surface area contributed by atoms with E-state index < -0.39 is 0 Å². The van der Waals surface area contributed by atoms with E-state index >= 15 is 0 Å². The fraction of sp³-hybridized carbons (Fsp3) is 1.00. The van der Waals surface area contributed by atoms with Crippen LogP contribution in [0.25, 0.3) is 0 Å². The SMILES string of the molecule is C1CCC2(CC[N]CC2)NC1. The van der Waals surface area contributed by atoms with Gasteiger partial charge in [-0.3, -0.25) is 0 Å².